The molecule has 0 spiro atoms. The summed E-state index contributed by atoms with van der Waals surface area (Å²) in [4.78, 5) is 26.6. The smallest absolute Gasteiger partial charge is 0.331 e. The fourth-order valence-electron chi connectivity index (χ4n) is 5.01. The minimum Gasteiger partial charge on any atom is -0.497 e. The van der Waals surface area contributed by atoms with Gasteiger partial charge in [-0.3, -0.25) is 13.9 Å². The Hall–Kier alpha value is -3.58. The molecule has 0 amide bonds. The van der Waals surface area contributed by atoms with E-state index < -0.39 is 11.6 Å². The molecule has 0 saturated heterocycles. The number of benzene rings is 2. The Morgan fingerprint density at radius 2 is 1.62 bits per heavy atom. The number of aryl methyl sites for hydroxylation is 2. The summed E-state index contributed by atoms with van der Waals surface area (Å²) >= 11 is 0. The van der Waals surface area contributed by atoms with E-state index in [0.29, 0.717) is 17.5 Å². The molecule has 1 atom stereocenters. The second-order valence-electron chi connectivity index (χ2n) is 9.64. The van der Waals surface area contributed by atoms with Gasteiger partial charge in [-0.2, -0.15) is 0 Å². The quantitative estimate of drug-likeness (QED) is 0.466. The molecule has 0 N–H and O–H groups in total. The van der Waals surface area contributed by atoms with E-state index >= 15 is 0 Å². The summed E-state index contributed by atoms with van der Waals surface area (Å²) in [6.45, 7) is 6.68. The zero-order valence-corrected chi connectivity index (χ0v) is 20.4. The van der Waals surface area contributed by atoms with Gasteiger partial charge in [0.15, 0.2) is 0 Å². The molecule has 4 aromatic rings. The van der Waals surface area contributed by atoms with Gasteiger partial charge in [0.05, 0.1) is 41.5 Å². The van der Waals surface area contributed by atoms with Crippen molar-refractivity contribution in [2.75, 3.05) is 13.7 Å². The molecule has 7 nitrogen and oxygen atoms in total. The number of methoxy groups -OCH3 is 1. The Labute approximate surface area is 197 Å². The molecule has 7 heteroatoms. The van der Waals surface area contributed by atoms with Gasteiger partial charge >= 0.3 is 5.69 Å². The van der Waals surface area contributed by atoms with E-state index in [1.165, 1.54) is 11.6 Å². The fourth-order valence-corrected chi connectivity index (χ4v) is 5.01. The standard InChI is InChI=1S/C27H29N3O4/c1-16-7-9-17(10-8-16)21-20-22(28(4)26(32)29(5)25(20)31)23-24(34-15-27(2,3)30(21)23)18-11-13-19(33-6)14-12-18/h7-14,24H,15H2,1-6H3. The van der Waals surface area contributed by atoms with Crippen LogP contribution in [0.3, 0.4) is 0 Å². The lowest BCUT2D eigenvalue weighted by molar-refractivity contribution is -0.00708. The Morgan fingerprint density at radius 3 is 2.24 bits per heavy atom. The van der Waals surface area contributed by atoms with Gasteiger partial charge in [-0.1, -0.05) is 42.0 Å². The van der Waals surface area contributed by atoms with Crippen LogP contribution in [0.1, 0.15) is 36.8 Å². The Bertz CT molecular complexity index is 1520. The number of hydrogen-bond acceptors (Lipinski definition) is 4. The van der Waals surface area contributed by atoms with Crippen molar-refractivity contribution in [3.05, 3.63) is 86.2 Å². The average Bonchev–Trinajstić information content (AvgIpc) is 3.20. The monoisotopic (exact) mass is 459 g/mol. The Kier molecular flexibility index (Phi) is 5.06. The van der Waals surface area contributed by atoms with Gasteiger partial charge in [-0.15, -0.1) is 0 Å². The molecule has 0 aliphatic carbocycles. The van der Waals surface area contributed by atoms with Gasteiger partial charge in [-0.25, -0.2) is 4.79 Å². The molecule has 1 aliphatic rings. The maximum absolute atomic E-state index is 13.6. The Balaban J connectivity index is 1.96. The van der Waals surface area contributed by atoms with Crippen molar-refractivity contribution < 1.29 is 9.47 Å². The summed E-state index contributed by atoms with van der Waals surface area (Å²) < 4.78 is 16.7. The van der Waals surface area contributed by atoms with Crippen molar-refractivity contribution in [2.24, 2.45) is 14.1 Å². The molecule has 0 fully saturated rings. The number of rotatable bonds is 3. The summed E-state index contributed by atoms with van der Waals surface area (Å²) in [7, 11) is 4.88. The van der Waals surface area contributed by atoms with Crippen LogP contribution < -0.4 is 16.0 Å². The number of aromatic nitrogens is 3. The number of nitrogens with zero attached hydrogens (tertiary/aromatic N) is 3. The van der Waals surface area contributed by atoms with Crippen LogP contribution in [0.15, 0.2) is 58.1 Å². The molecular formula is C27H29N3O4. The van der Waals surface area contributed by atoms with Crippen molar-refractivity contribution in [2.45, 2.75) is 32.4 Å². The van der Waals surface area contributed by atoms with Crippen molar-refractivity contribution in [3.63, 3.8) is 0 Å². The highest BCUT2D eigenvalue weighted by molar-refractivity contribution is 5.96. The third-order valence-corrected chi connectivity index (χ3v) is 6.81. The second kappa shape index (κ2) is 7.74. The molecule has 5 rings (SSSR count). The predicted octanol–water partition coefficient (Wildman–Crippen LogP) is 3.88. The van der Waals surface area contributed by atoms with E-state index in [0.717, 1.165) is 33.8 Å². The van der Waals surface area contributed by atoms with Gasteiger partial charge in [0.25, 0.3) is 5.56 Å². The highest BCUT2D eigenvalue weighted by Gasteiger charge is 2.40. The van der Waals surface area contributed by atoms with Crippen LogP contribution in [0.4, 0.5) is 0 Å². The average molecular weight is 460 g/mol. The van der Waals surface area contributed by atoms with E-state index in [2.05, 4.69) is 18.4 Å². The second-order valence-corrected chi connectivity index (χ2v) is 9.64. The van der Waals surface area contributed by atoms with Crippen molar-refractivity contribution >= 4 is 10.9 Å². The first kappa shape index (κ1) is 22.2. The van der Waals surface area contributed by atoms with Gasteiger partial charge in [0.2, 0.25) is 0 Å². The van der Waals surface area contributed by atoms with Gasteiger partial charge in [0.1, 0.15) is 11.9 Å². The third kappa shape index (κ3) is 3.15. The molecule has 0 bridgehead atoms. The Morgan fingerprint density at radius 1 is 0.971 bits per heavy atom. The summed E-state index contributed by atoms with van der Waals surface area (Å²) in [5, 5.41) is 0.528. The number of ether oxygens (including phenoxy) is 2. The summed E-state index contributed by atoms with van der Waals surface area (Å²) in [5.41, 5.74) is 4.12. The maximum atomic E-state index is 13.6. The van der Waals surface area contributed by atoms with Crippen LogP contribution in [-0.2, 0) is 24.4 Å². The first-order chi connectivity index (χ1) is 16.2. The lowest BCUT2D eigenvalue weighted by atomic mass is 9.98. The lowest BCUT2D eigenvalue weighted by Gasteiger charge is -2.39. The molecule has 2 aromatic heterocycles. The van der Waals surface area contributed by atoms with Crippen LogP contribution in [0.5, 0.6) is 5.75 Å². The summed E-state index contributed by atoms with van der Waals surface area (Å²) in [6.07, 6.45) is -0.446. The molecule has 176 valence electrons. The normalized spacial score (nSPS) is 17.1. The largest absolute Gasteiger partial charge is 0.497 e. The van der Waals surface area contributed by atoms with Gasteiger partial charge in [-0.05, 0) is 44.0 Å². The molecular weight excluding hydrogens is 430 g/mol. The lowest BCUT2D eigenvalue weighted by Crippen LogP contribution is -2.40. The molecule has 34 heavy (non-hydrogen) atoms. The van der Waals surface area contributed by atoms with E-state index in [-0.39, 0.29) is 11.2 Å². The maximum Gasteiger partial charge on any atom is 0.331 e. The van der Waals surface area contributed by atoms with E-state index in [1.807, 2.05) is 55.5 Å². The molecule has 2 aromatic carbocycles. The number of fused-ring (bicyclic) bond motifs is 3. The van der Waals surface area contributed by atoms with Crippen molar-refractivity contribution in [1.29, 1.82) is 0 Å². The van der Waals surface area contributed by atoms with Crippen LogP contribution in [0.25, 0.3) is 22.2 Å². The molecule has 1 unspecified atom stereocenters. The molecule has 0 radical (unpaired) electrons. The van der Waals surface area contributed by atoms with Gasteiger partial charge in [0, 0.05) is 14.1 Å². The van der Waals surface area contributed by atoms with Crippen LogP contribution in [0.2, 0.25) is 0 Å². The van der Waals surface area contributed by atoms with Crippen LogP contribution >= 0.6 is 0 Å². The topological polar surface area (TPSA) is 67.4 Å². The number of hydrogen-bond donors (Lipinski definition) is 0. The minimum absolute atomic E-state index is 0.306. The fraction of sp³-hybridized carbons (Fsp3) is 0.333. The minimum atomic E-state index is -0.446. The first-order valence-corrected chi connectivity index (χ1v) is 11.3. The third-order valence-electron chi connectivity index (χ3n) is 6.81. The van der Waals surface area contributed by atoms with E-state index in [4.69, 9.17) is 9.47 Å². The van der Waals surface area contributed by atoms with E-state index in [1.54, 1.807) is 18.7 Å². The van der Waals surface area contributed by atoms with Crippen LogP contribution in [0, 0.1) is 6.92 Å². The van der Waals surface area contributed by atoms with Crippen molar-refractivity contribution in [1.82, 2.24) is 13.7 Å². The molecule has 0 saturated carbocycles. The SMILES string of the molecule is COc1ccc(C2OCC(C)(C)n3c(-c4ccc(C)cc4)c4c(=O)n(C)c(=O)n(C)c4c32)cc1. The predicted molar refractivity (Wildman–Crippen MR) is 133 cm³/mol. The zero-order chi connectivity index (χ0) is 24.4. The zero-order valence-electron chi connectivity index (χ0n) is 20.4. The molecule has 1 aliphatic heterocycles. The van der Waals surface area contributed by atoms with E-state index in [9.17, 15) is 9.59 Å². The summed E-state index contributed by atoms with van der Waals surface area (Å²) in [5.74, 6) is 0.752. The van der Waals surface area contributed by atoms with Gasteiger partial charge < -0.3 is 14.0 Å². The highest BCUT2D eigenvalue weighted by atomic mass is 16.5. The molecule has 3 heterocycles. The summed E-state index contributed by atoms with van der Waals surface area (Å²) in [6, 6.07) is 15.9. The first-order valence-electron chi connectivity index (χ1n) is 11.3. The van der Waals surface area contributed by atoms with Crippen LogP contribution in [-0.4, -0.2) is 27.4 Å². The highest BCUT2D eigenvalue weighted by Crippen LogP contribution is 2.45. The van der Waals surface area contributed by atoms with Crippen molar-refractivity contribution in [3.8, 4) is 17.0 Å².